The largest absolute Gasteiger partial charge is 0.269 e. The fourth-order valence-corrected chi connectivity index (χ4v) is 1.25. The summed E-state index contributed by atoms with van der Waals surface area (Å²) in [7, 11) is 0. The minimum Gasteiger partial charge on any atom is -0.258 e. The highest BCUT2D eigenvalue weighted by Crippen LogP contribution is 2.20. The van der Waals surface area contributed by atoms with Gasteiger partial charge in [-0.05, 0) is 24.3 Å². The van der Waals surface area contributed by atoms with Crippen molar-refractivity contribution in [2.45, 2.75) is 0 Å². The van der Waals surface area contributed by atoms with Gasteiger partial charge < -0.3 is 0 Å². The standard InChI is InChI=1S/C12H9N3O2.ClH/c16-15(17)12-8-6-11(7-9-12)14-13-10-4-2-1-3-5-10;/h1-9H;1H. The topological polar surface area (TPSA) is 67.9 Å². The van der Waals surface area contributed by atoms with E-state index in [9.17, 15) is 10.1 Å². The van der Waals surface area contributed by atoms with Crippen molar-refractivity contribution in [1.82, 2.24) is 0 Å². The zero-order chi connectivity index (χ0) is 12.1. The molecule has 0 heterocycles. The Morgan fingerprint density at radius 3 is 1.83 bits per heavy atom. The van der Waals surface area contributed by atoms with Crippen molar-refractivity contribution < 1.29 is 4.92 Å². The van der Waals surface area contributed by atoms with Crippen LogP contribution in [-0.2, 0) is 0 Å². The Bertz CT molecular complexity index is 541. The number of nitro benzene ring substituents is 1. The SMILES string of the molecule is Cl.O=[N+]([O-])c1ccc(N=Nc2ccccc2)cc1. The van der Waals surface area contributed by atoms with Gasteiger partial charge in [0.15, 0.2) is 0 Å². The van der Waals surface area contributed by atoms with Crippen LogP contribution in [0.2, 0.25) is 0 Å². The second kappa shape index (κ2) is 6.46. The number of azo groups is 1. The molecule has 92 valence electrons. The van der Waals surface area contributed by atoms with Gasteiger partial charge in [-0.2, -0.15) is 10.2 Å². The molecule has 0 saturated heterocycles. The van der Waals surface area contributed by atoms with Crippen LogP contribution in [0.5, 0.6) is 0 Å². The quantitative estimate of drug-likeness (QED) is 0.467. The predicted molar refractivity (Wildman–Crippen MR) is 71.0 cm³/mol. The molecule has 2 aromatic carbocycles. The molecule has 0 unspecified atom stereocenters. The average Bonchev–Trinajstić information content (AvgIpc) is 2.38. The Morgan fingerprint density at radius 2 is 1.33 bits per heavy atom. The molecule has 0 aromatic heterocycles. The second-order valence-corrected chi connectivity index (χ2v) is 3.31. The van der Waals surface area contributed by atoms with Crippen molar-refractivity contribution in [3.05, 3.63) is 64.7 Å². The van der Waals surface area contributed by atoms with Crippen LogP contribution in [0, 0.1) is 10.1 Å². The lowest BCUT2D eigenvalue weighted by molar-refractivity contribution is -0.384. The molecule has 0 spiro atoms. The van der Waals surface area contributed by atoms with Crippen molar-refractivity contribution in [1.29, 1.82) is 0 Å². The van der Waals surface area contributed by atoms with Gasteiger partial charge in [0.05, 0.1) is 16.3 Å². The zero-order valence-corrected chi connectivity index (χ0v) is 10.1. The fourth-order valence-electron chi connectivity index (χ4n) is 1.25. The maximum absolute atomic E-state index is 10.4. The fraction of sp³-hybridized carbons (Fsp3) is 0. The smallest absolute Gasteiger partial charge is 0.258 e. The Morgan fingerprint density at radius 1 is 0.833 bits per heavy atom. The van der Waals surface area contributed by atoms with Gasteiger partial charge in [-0.1, -0.05) is 18.2 Å². The molecule has 18 heavy (non-hydrogen) atoms. The van der Waals surface area contributed by atoms with Crippen molar-refractivity contribution in [2.75, 3.05) is 0 Å². The minimum atomic E-state index is -0.446. The Hall–Kier alpha value is -2.27. The highest BCUT2D eigenvalue weighted by Gasteiger charge is 2.02. The van der Waals surface area contributed by atoms with Crippen LogP contribution >= 0.6 is 12.4 Å². The van der Waals surface area contributed by atoms with Gasteiger partial charge in [-0.25, -0.2) is 0 Å². The van der Waals surface area contributed by atoms with E-state index in [4.69, 9.17) is 0 Å². The predicted octanol–water partition coefficient (Wildman–Crippen LogP) is 4.43. The summed E-state index contributed by atoms with van der Waals surface area (Å²) < 4.78 is 0. The Labute approximate surface area is 110 Å². The number of halogens is 1. The van der Waals surface area contributed by atoms with Crippen molar-refractivity contribution in [3.63, 3.8) is 0 Å². The number of benzene rings is 2. The molecule has 0 fully saturated rings. The number of hydrogen-bond acceptors (Lipinski definition) is 4. The van der Waals surface area contributed by atoms with Crippen LogP contribution in [0.3, 0.4) is 0 Å². The average molecular weight is 264 g/mol. The molecule has 5 nitrogen and oxygen atoms in total. The summed E-state index contributed by atoms with van der Waals surface area (Å²) in [4.78, 5) is 10.00. The van der Waals surface area contributed by atoms with Gasteiger partial charge in [0.1, 0.15) is 0 Å². The minimum absolute atomic E-state index is 0. The zero-order valence-electron chi connectivity index (χ0n) is 9.26. The lowest BCUT2D eigenvalue weighted by atomic mass is 10.3. The van der Waals surface area contributed by atoms with Gasteiger partial charge in [-0.3, -0.25) is 10.1 Å². The maximum atomic E-state index is 10.4. The van der Waals surface area contributed by atoms with Crippen LogP contribution in [0.15, 0.2) is 64.8 Å². The van der Waals surface area contributed by atoms with E-state index in [2.05, 4.69) is 10.2 Å². The van der Waals surface area contributed by atoms with Crippen molar-refractivity contribution in [2.24, 2.45) is 10.2 Å². The molecule has 2 rings (SSSR count). The van der Waals surface area contributed by atoms with Gasteiger partial charge in [-0.15, -0.1) is 12.4 Å². The van der Waals surface area contributed by atoms with Crippen LogP contribution in [0.25, 0.3) is 0 Å². The van der Waals surface area contributed by atoms with E-state index in [0.29, 0.717) is 5.69 Å². The summed E-state index contributed by atoms with van der Waals surface area (Å²) in [6.45, 7) is 0. The molecule has 0 aliphatic carbocycles. The third-order valence-electron chi connectivity index (χ3n) is 2.10. The van der Waals surface area contributed by atoms with E-state index in [0.717, 1.165) is 5.69 Å². The monoisotopic (exact) mass is 263 g/mol. The third-order valence-corrected chi connectivity index (χ3v) is 2.10. The summed E-state index contributed by atoms with van der Waals surface area (Å²) in [5.74, 6) is 0. The molecule has 0 aliphatic heterocycles. The van der Waals surface area contributed by atoms with Gasteiger partial charge in [0.25, 0.3) is 5.69 Å². The summed E-state index contributed by atoms with van der Waals surface area (Å²) >= 11 is 0. The molecule has 0 saturated carbocycles. The lowest BCUT2D eigenvalue weighted by Gasteiger charge is -1.93. The van der Waals surface area contributed by atoms with Gasteiger partial charge in [0, 0.05) is 12.1 Å². The molecule has 0 bridgehead atoms. The molecule has 6 heteroatoms. The van der Waals surface area contributed by atoms with Crippen molar-refractivity contribution >= 4 is 29.5 Å². The van der Waals surface area contributed by atoms with Crippen LogP contribution in [-0.4, -0.2) is 4.92 Å². The van der Waals surface area contributed by atoms with Crippen LogP contribution < -0.4 is 0 Å². The van der Waals surface area contributed by atoms with E-state index in [1.807, 2.05) is 30.3 Å². The number of nitro groups is 1. The molecule has 0 radical (unpaired) electrons. The van der Waals surface area contributed by atoms with E-state index in [-0.39, 0.29) is 18.1 Å². The highest BCUT2D eigenvalue weighted by atomic mass is 35.5. The molecule has 0 N–H and O–H groups in total. The summed E-state index contributed by atoms with van der Waals surface area (Å²) in [5.41, 5.74) is 1.37. The van der Waals surface area contributed by atoms with E-state index in [1.54, 1.807) is 12.1 Å². The number of non-ortho nitro benzene ring substituents is 1. The molecule has 0 amide bonds. The molecule has 2 aromatic rings. The molecular formula is C12H10ClN3O2. The second-order valence-electron chi connectivity index (χ2n) is 3.31. The number of nitrogens with zero attached hydrogens (tertiary/aromatic N) is 3. The lowest BCUT2D eigenvalue weighted by Crippen LogP contribution is -1.85. The first-order valence-electron chi connectivity index (χ1n) is 4.97. The van der Waals surface area contributed by atoms with E-state index >= 15 is 0 Å². The van der Waals surface area contributed by atoms with E-state index < -0.39 is 4.92 Å². The maximum Gasteiger partial charge on any atom is 0.269 e. The van der Waals surface area contributed by atoms with Gasteiger partial charge in [0.2, 0.25) is 0 Å². The molecule has 0 atom stereocenters. The normalized spacial score (nSPS) is 10.0. The van der Waals surface area contributed by atoms with Crippen molar-refractivity contribution in [3.8, 4) is 0 Å². The number of hydrogen-bond donors (Lipinski definition) is 0. The number of rotatable bonds is 3. The first kappa shape index (κ1) is 13.8. The van der Waals surface area contributed by atoms with Crippen LogP contribution in [0.4, 0.5) is 17.1 Å². The van der Waals surface area contributed by atoms with E-state index in [1.165, 1.54) is 12.1 Å². The van der Waals surface area contributed by atoms with Crippen LogP contribution in [0.1, 0.15) is 0 Å². The first-order chi connectivity index (χ1) is 8.25. The summed E-state index contributed by atoms with van der Waals surface area (Å²) in [6, 6.07) is 15.2. The Kier molecular flexibility index (Phi) is 4.95. The summed E-state index contributed by atoms with van der Waals surface area (Å²) in [6.07, 6.45) is 0. The first-order valence-corrected chi connectivity index (χ1v) is 4.97. The highest BCUT2D eigenvalue weighted by molar-refractivity contribution is 5.85. The third kappa shape index (κ3) is 3.64. The molecule has 0 aliphatic rings. The molecular weight excluding hydrogens is 254 g/mol. The van der Waals surface area contributed by atoms with Gasteiger partial charge >= 0.3 is 0 Å². The summed E-state index contributed by atoms with van der Waals surface area (Å²) in [5, 5.41) is 18.4. The Balaban J connectivity index is 0.00000162.